The Hall–Kier alpha value is -3.41. The maximum Gasteiger partial charge on any atom is 0.375 e. The summed E-state index contributed by atoms with van der Waals surface area (Å²) in [4.78, 5) is 24.8. The van der Waals surface area contributed by atoms with Gasteiger partial charge in [0, 0.05) is 11.3 Å². The molecular formula is C23H22FNO4. The molecule has 1 heterocycles. The highest BCUT2D eigenvalue weighted by Gasteiger charge is 2.22. The molecule has 0 aliphatic heterocycles. The second-order valence-corrected chi connectivity index (χ2v) is 6.98. The van der Waals surface area contributed by atoms with E-state index in [4.69, 9.17) is 9.15 Å². The summed E-state index contributed by atoms with van der Waals surface area (Å²) >= 11 is 0. The van der Waals surface area contributed by atoms with E-state index in [1.807, 2.05) is 32.9 Å². The molecule has 1 unspecified atom stereocenters. The first kappa shape index (κ1) is 20.3. The maximum absolute atomic E-state index is 13.0. The number of esters is 1. The third-order valence-corrected chi connectivity index (χ3v) is 4.51. The number of aryl methyl sites for hydroxylation is 3. The molecule has 0 spiro atoms. The molecule has 0 saturated heterocycles. The second-order valence-electron chi connectivity index (χ2n) is 6.98. The van der Waals surface area contributed by atoms with E-state index in [0.29, 0.717) is 17.0 Å². The van der Waals surface area contributed by atoms with Crippen molar-refractivity contribution >= 4 is 17.6 Å². The van der Waals surface area contributed by atoms with Crippen molar-refractivity contribution in [3.63, 3.8) is 0 Å². The van der Waals surface area contributed by atoms with Crippen molar-refractivity contribution in [3.05, 3.63) is 76.8 Å². The minimum absolute atomic E-state index is 0.0355. The Morgan fingerprint density at radius 2 is 1.62 bits per heavy atom. The van der Waals surface area contributed by atoms with E-state index < -0.39 is 18.0 Å². The van der Waals surface area contributed by atoms with Crippen LogP contribution >= 0.6 is 0 Å². The van der Waals surface area contributed by atoms with Gasteiger partial charge in [-0.15, -0.1) is 0 Å². The van der Waals surface area contributed by atoms with Crippen LogP contribution < -0.4 is 5.32 Å². The van der Waals surface area contributed by atoms with Crippen LogP contribution in [-0.2, 0) is 9.53 Å². The molecular weight excluding hydrogens is 373 g/mol. The molecule has 0 radical (unpaired) electrons. The Labute approximate surface area is 168 Å². The molecule has 1 atom stereocenters. The molecule has 29 heavy (non-hydrogen) atoms. The van der Waals surface area contributed by atoms with Crippen LogP contribution in [0.1, 0.15) is 34.2 Å². The number of hydrogen-bond donors (Lipinski definition) is 1. The molecule has 0 fully saturated rings. The van der Waals surface area contributed by atoms with E-state index in [0.717, 1.165) is 16.7 Å². The lowest BCUT2D eigenvalue weighted by Crippen LogP contribution is -2.30. The van der Waals surface area contributed by atoms with Gasteiger partial charge in [-0.1, -0.05) is 17.7 Å². The SMILES string of the molecule is Cc1cc(C)c(NC(=O)C(C)OC(=O)c2ccc(-c3ccc(F)cc3)o2)c(C)c1. The molecule has 0 aliphatic rings. The molecule has 5 nitrogen and oxygen atoms in total. The number of nitrogens with one attached hydrogen (secondary N) is 1. The normalized spacial score (nSPS) is 11.8. The van der Waals surface area contributed by atoms with Crippen LogP contribution in [0.4, 0.5) is 10.1 Å². The number of hydrogen-bond acceptors (Lipinski definition) is 4. The van der Waals surface area contributed by atoms with Crippen LogP contribution in [0, 0.1) is 26.6 Å². The second kappa shape index (κ2) is 8.31. The average molecular weight is 395 g/mol. The van der Waals surface area contributed by atoms with Crippen molar-refractivity contribution in [2.24, 2.45) is 0 Å². The van der Waals surface area contributed by atoms with Crippen molar-refractivity contribution in [2.75, 3.05) is 5.32 Å². The first-order valence-corrected chi connectivity index (χ1v) is 9.20. The minimum atomic E-state index is -1.01. The fraction of sp³-hybridized carbons (Fsp3) is 0.217. The van der Waals surface area contributed by atoms with E-state index in [2.05, 4.69) is 5.32 Å². The van der Waals surface area contributed by atoms with Crippen LogP contribution in [0.5, 0.6) is 0 Å². The zero-order valence-electron chi connectivity index (χ0n) is 16.7. The summed E-state index contributed by atoms with van der Waals surface area (Å²) < 4.78 is 23.8. The topological polar surface area (TPSA) is 68.5 Å². The Balaban J connectivity index is 1.66. The third-order valence-electron chi connectivity index (χ3n) is 4.51. The lowest BCUT2D eigenvalue weighted by molar-refractivity contribution is -0.123. The highest BCUT2D eigenvalue weighted by molar-refractivity contribution is 5.97. The van der Waals surface area contributed by atoms with Gasteiger partial charge in [-0.25, -0.2) is 9.18 Å². The van der Waals surface area contributed by atoms with Crippen LogP contribution in [0.2, 0.25) is 0 Å². The summed E-state index contributed by atoms with van der Waals surface area (Å²) in [5.41, 5.74) is 4.31. The standard InChI is InChI=1S/C23H22FNO4/c1-13-11-14(2)21(15(3)12-13)25-22(26)16(4)28-23(27)20-10-9-19(29-20)17-5-7-18(24)8-6-17/h5-12,16H,1-4H3,(H,25,26). The Morgan fingerprint density at radius 3 is 2.24 bits per heavy atom. The number of rotatable bonds is 5. The summed E-state index contributed by atoms with van der Waals surface area (Å²) in [5.74, 6) is -1.18. The molecule has 2 aromatic carbocycles. The highest BCUT2D eigenvalue weighted by Crippen LogP contribution is 2.24. The zero-order valence-corrected chi connectivity index (χ0v) is 16.7. The van der Waals surface area contributed by atoms with E-state index in [-0.39, 0.29) is 11.6 Å². The van der Waals surface area contributed by atoms with Crippen molar-refractivity contribution in [1.82, 2.24) is 0 Å². The lowest BCUT2D eigenvalue weighted by Gasteiger charge is -2.16. The molecule has 150 valence electrons. The van der Waals surface area contributed by atoms with Crippen molar-refractivity contribution in [1.29, 1.82) is 0 Å². The van der Waals surface area contributed by atoms with Crippen molar-refractivity contribution < 1.29 is 23.1 Å². The number of halogens is 1. The van der Waals surface area contributed by atoms with Crippen molar-refractivity contribution in [3.8, 4) is 11.3 Å². The summed E-state index contributed by atoms with van der Waals surface area (Å²) in [7, 11) is 0. The average Bonchev–Trinajstić information content (AvgIpc) is 3.15. The van der Waals surface area contributed by atoms with Gasteiger partial charge in [-0.2, -0.15) is 0 Å². The third kappa shape index (κ3) is 4.71. The minimum Gasteiger partial charge on any atom is -0.449 e. The number of furan rings is 1. The molecule has 1 aromatic heterocycles. The smallest absolute Gasteiger partial charge is 0.375 e. The van der Waals surface area contributed by atoms with Gasteiger partial charge in [-0.05, 0) is 75.2 Å². The van der Waals surface area contributed by atoms with Gasteiger partial charge >= 0.3 is 5.97 Å². The predicted molar refractivity (Wildman–Crippen MR) is 108 cm³/mol. The largest absolute Gasteiger partial charge is 0.449 e. The van der Waals surface area contributed by atoms with Gasteiger partial charge in [0.2, 0.25) is 5.76 Å². The Morgan fingerprint density at radius 1 is 1.00 bits per heavy atom. The molecule has 6 heteroatoms. The van der Waals surface area contributed by atoms with Crippen molar-refractivity contribution in [2.45, 2.75) is 33.8 Å². The zero-order chi connectivity index (χ0) is 21.1. The van der Waals surface area contributed by atoms with Gasteiger partial charge in [0.15, 0.2) is 6.10 Å². The molecule has 3 aromatic rings. The fourth-order valence-corrected chi connectivity index (χ4v) is 3.09. The summed E-state index contributed by atoms with van der Waals surface area (Å²) in [6.45, 7) is 7.30. The first-order chi connectivity index (χ1) is 13.7. The summed E-state index contributed by atoms with van der Waals surface area (Å²) in [5, 5.41) is 2.82. The van der Waals surface area contributed by atoms with Gasteiger partial charge in [0.1, 0.15) is 11.6 Å². The monoisotopic (exact) mass is 395 g/mol. The summed E-state index contributed by atoms with van der Waals surface area (Å²) in [6, 6.07) is 12.7. The van der Waals surface area contributed by atoms with E-state index in [1.54, 1.807) is 18.2 Å². The van der Waals surface area contributed by atoms with Gasteiger partial charge < -0.3 is 14.5 Å². The number of carbonyl (C=O) groups is 2. The van der Waals surface area contributed by atoms with Crippen LogP contribution in [-0.4, -0.2) is 18.0 Å². The van der Waals surface area contributed by atoms with Crippen LogP contribution in [0.25, 0.3) is 11.3 Å². The molecule has 0 aliphatic carbocycles. The van der Waals surface area contributed by atoms with E-state index >= 15 is 0 Å². The molecule has 3 rings (SSSR count). The molecule has 1 N–H and O–H groups in total. The fourth-order valence-electron chi connectivity index (χ4n) is 3.09. The van der Waals surface area contributed by atoms with Crippen LogP contribution in [0.15, 0.2) is 52.9 Å². The van der Waals surface area contributed by atoms with E-state index in [1.165, 1.54) is 25.1 Å². The number of benzene rings is 2. The maximum atomic E-state index is 13.0. The molecule has 0 bridgehead atoms. The van der Waals surface area contributed by atoms with Gasteiger partial charge in [0.05, 0.1) is 0 Å². The quantitative estimate of drug-likeness (QED) is 0.603. The highest BCUT2D eigenvalue weighted by atomic mass is 19.1. The molecule has 1 amide bonds. The number of carbonyl (C=O) groups excluding carboxylic acids is 2. The lowest BCUT2D eigenvalue weighted by atomic mass is 10.0. The first-order valence-electron chi connectivity index (χ1n) is 9.20. The Bertz CT molecular complexity index is 1030. The Kier molecular flexibility index (Phi) is 5.82. The number of anilines is 1. The van der Waals surface area contributed by atoms with Gasteiger partial charge in [-0.3, -0.25) is 4.79 Å². The summed E-state index contributed by atoms with van der Waals surface area (Å²) in [6.07, 6.45) is -1.01. The van der Waals surface area contributed by atoms with Crippen LogP contribution in [0.3, 0.4) is 0 Å². The van der Waals surface area contributed by atoms with E-state index in [9.17, 15) is 14.0 Å². The van der Waals surface area contributed by atoms with Gasteiger partial charge in [0.25, 0.3) is 5.91 Å². The molecule has 0 saturated carbocycles. The number of ether oxygens (including phenoxy) is 1. The predicted octanol–water partition coefficient (Wildman–Crippen LogP) is 5.19. The number of amides is 1.